The molecule has 0 aliphatic rings. The molecule has 0 radical (unpaired) electrons. The standard InChI is InChI=1S/C19H25N3O/c1-4-6-8-16(7-5-2)14-22-18-11-9-17(10-12-18)13-21-15(3)19(20)23/h4-12,15,21-22H,1-2,13-14H2,3H3,(H2,20,23)/b8-6-,16-7+. The van der Waals surface area contributed by atoms with E-state index in [1.54, 1.807) is 19.1 Å². The Hall–Kier alpha value is -2.59. The first-order chi connectivity index (χ1) is 11.1. The van der Waals surface area contributed by atoms with Crippen molar-refractivity contribution in [3.63, 3.8) is 0 Å². The third kappa shape index (κ3) is 7.29. The van der Waals surface area contributed by atoms with Crippen molar-refractivity contribution in [3.05, 3.63) is 78.9 Å². The molecule has 0 aliphatic carbocycles. The number of benzene rings is 1. The number of carbonyl (C=O) groups excluding carboxylic acids is 1. The maximum Gasteiger partial charge on any atom is 0.234 e. The second-order valence-electron chi connectivity index (χ2n) is 5.13. The lowest BCUT2D eigenvalue weighted by Crippen LogP contribution is -2.38. The highest BCUT2D eigenvalue weighted by atomic mass is 16.1. The summed E-state index contributed by atoms with van der Waals surface area (Å²) in [7, 11) is 0. The first kappa shape index (κ1) is 18.5. The summed E-state index contributed by atoms with van der Waals surface area (Å²) in [4.78, 5) is 11.0. The van der Waals surface area contributed by atoms with E-state index in [0.29, 0.717) is 13.1 Å². The topological polar surface area (TPSA) is 67.2 Å². The number of rotatable bonds is 10. The van der Waals surface area contributed by atoms with Crippen LogP contribution in [0, 0.1) is 0 Å². The van der Waals surface area contributed by atoms with Crippen LogP contribution in [0.1, 0.15) is 12.5 Å². The summed E-state index contributed by atoms with van der Waals surface area (Å²) in [6.07, 6.45) is 9.35. The summed E-state index contributed by atoms with van der Waals surface area (Å²) in [6.45, 7) is 10.4. The Labute approximate surface area is 138 Å². The molecule has 23 heavy (non-hydrogen) atoms. The average Bonchev–Trinajstić information content (AvgIpc) is 2.56. The van der Waals surface area contributed by atoms with Gasteiger partial charge < -0.3 is 16.4 Å². The van der Waals surface area contributed by atoms with Gasteiger partial charge in [-0.2, -0.15) is 0 Å². The van der Waals surface area contributed by atoms with Crippen LogP contribution in [-0.4, -0.2) is 18.5 Å². The van der Waals surface area contributed by atoms with E-state index < -0.39 is 0 Å². The third-order valence-electron chi connectivity index (χ3n) is 3.27. The van der Waals surface area contributed by atoms with Crippen LogP contribution in [0.2, 0.25) is 0 Å². The van der Waals surface area contributed by atoms with Crippen molar-refractivity contribution in [1.29, 1.82) is 0 Å². The SMILES string of the molecule is C=C/C=C\C(=C/C=C)CNc1ccc(CNC(C)C(N)=O)cc1. The molecule has 0 heterocycles. The Morgan fingerprint density at radius 3 is 2.52 bits per heavy atom. The lowest BCUT2D eigenvalue weighted by Gasteiger charge is -2.11. The van der Waals surface area contributed by atoms with Crippen molar-refractivity contribution >= 4 is 11.6 Å². The highest BCUT2D eigenvalue weighted by molar-refractivity contribution is 5.79. The van der Waals surface area contributed by atoms with E-state index in [-0.39, 0.29) is 11.9 Å². The van der Waals surface area contributed by atoms with Gasteiger partial charge in [-0.15, -0.1) is 0 Å². The number of allylic oxidation sites excluding steroid dienone is 4. The lowest BCUT2D eigenvalue weighted by molar-refractivity contribution is -0.119. The second-order valence-corrected chi connectivity index (χ2v) is 5.13. The lowest BCUT2D eigenvalue weighted by atomic mass is 10.1. The van der Waals surface area contributed by atoms with Crippen LogP contribution in [-0.2, 0) is 11.3 Å². The van der Waals surface area contributed by atoms with Gasteiger partial charge in [-0.3, -0.25) is 4.79 Å². The zero-order valence-electron chi connectivity index (χ0n) is 13.6. The zero-order valence-corrected chi connectivity index (χ0v) is 13.6. The highest BCUT2D eigenvalue weighted by Crippen LogP contribution is 2.11. The van der Waals surface area contributed by atoms with Crippen LogP contribution in [0.4, 0.5) is 5.69 Å². The molecule has 1 aromatic rings. The van der Waals surface area contributed by atoms with E-state index in [9.17, 15) is 4.79 Å². The molecule has 0 spiro atoms. The minimum atomic E-state index is -0.350. The summed E-state index contributed by atoms with van der Waals surface area (Å²) in [6, 6.07) is 7.71. The maximum absolute atomic E-state index is 11.0. The van der Waals surface area contributed by atoms with Crippen molar-refractivity contribution in [2.45, 2.75) is 19.5 Å². The van der Waals surface area contributed by atoms with Crippen molar-refractivity contribution in [2.75, 3.05) is 11.9 Å². The van der Waals surface area contributed by atoms with Gasteiger partial charge in [0.1, 0.15) is 0 Å². The Morgan fingerprint density at radius 1 is 1.26 bits per heavy atom. The average molecular weight is 311 g/mol. The van der Waals surface area contributed by atoms with Crippen molar-refractivity contribution in [3.8, 4) is 0 Å². The number of primary amides is 1. The normalized spacial score (nSPS) is 12.8. The molecule has 4 heteroatoms. The number of anilines is 1. The van der Waals surface area contributed by atoms with E-state index in [0.717, 1.165) is 16.8 Å². The first-order valence-electron chi connectivity index (χ1n) is 7.53. The van der Waals surface area contributed by atoms with E-state index in [4.69, 9.17) is 5.73 Å². The molecule has 0 saturated carbocycles. The van der Waals surface area contributed by atoms with E-state index >= 15 is 0 Å². The molecular weight excluding hydrogens is 286 g/mol. The Bertz CT molecular complexity index is 585. The highest BCUT2D eigenvalue weighted by Gasteiger charge is 2.06. The van der Waals surface area contributed by atoms with Crippen LogP contribution in [0.15, 0.2) is 73.4 Å². The fourth-order valence-corrected chi connectivity index (χ4v) is 1.83. The van der Waals surface area contributed by atoms with Gasteiger partial charge >= 0.3 is 0 Å². The predicted molar refractivity (Wildman–Crippen MR) is 98.0 cm³/mol. The molecule has 0 bridgehead atoms. The number of amides is 1. The Morgan fingerprint density at radius 2 is 1.96 bits per heavy atom. The molecule has 1 atom stereocenters. The van der Waals surface area contributed by atoms with E-state index in [2.05, 4.69) is 23.8 Å². The van der Waals surface area contributed by atoms with Crippen LogP contribution in [0.3, 0.4) is 0 Å². The quantitative estimate of drug-likeness (QED) is 0.582. The molecular formula is C19H25N3O. The number of hydrogen-bond donors (Lipinski definition) is 3. The van der Waals surface area contributed by atoms with Gasteiger partial charge in [-0.25, -0.2) is 0 Å². The van der Waals surface area contributed by atoms with E-state index in [1.807, 2.05) is 42.5 Å². The third-order valence-corrected chi connectivity index (χ3v) is 3.27. The predicted octanol–water partition coefficient (Wildman–Crippen LogP) is 2.92. The number of hydrogen-bond acceptors (Lipinski definition) is 3. The number of nitrogens with two attached hydrogens (primary N) is 1. The summed E-state index contributed by atoms with van der Waals surface area (Å²) in [5, 5.41) is 6.43. The van der Waals surface area contributed by atoms with Crippen molar-refractivity contribution < 1.29 is 4.79 Å². The molecule has 0 fully saturated rings. The summed E-state index contributed by atoms with van der Waals surface area (Å²) in [5.74, 6) is -0.350. The Kier molecular flexibility index (Phi) is 8.18. The molecule has 4 nitrogen and oxygen atoms in total. The van der Waals surface area contributed by atoms with Gasteiger partial charge in [-0.05, 0) is 30.2 Å². The van der Waals surface area contributed by atoms with Crippen molar-refractivity contribution in [1.82, 2.24) is 5.32 Å². The van der Waals surface area contributed by atoms with Crippen LogP contribution in [0.5, 0.6) is 0 Å². The summed E-state index contributed by atoms with van der Waals surface area (Å²) in [5.41, 5.74) is 8.45. The minimum Gasteiger partial charge on any atom is -0.381 e. The van der Waals surface area contributed by atoms with Gasteiger partial charge in [0.2, 0.25) is 5.91 Å². The molecule has 1 unspecified atom stereocenters. The molecule has 0 saturated heterocycles. The van der Waals surface area contributed by atoms with Gasteiger partial charge in [0, 0.05) is 18.8 Å². The molecule has 1 amide bonds. The van der Waals surface area contributed by atoms with Crippen LogP contribution < -0.4 is 16.4 Å². The summed E-state index contributed by atoms with van der Waals surface area (Å²) < 4.78 is 0. The molecule has 1 rings (SSSR count). The largest absolute Gasteiger partial charge is 0.381 e. The van der Waals surface area contributed by atoms with Gasteiger partial charge in [0.25, 0.3) is 0 Å². The monoisotopic (exact) mass is 311 g/mol. The fourth-order valence-electron chi connectivity index (χ4n) is 1.83. The summed E-state index contributed by atoms with van der Waals surface area (Å²) >= 11 is 0. The van der Waals surface area contributed by atoms with Gasteiger partial charge in [0.15, 0.2) is 0 Å². The van der Waals surface area contributed by atoms with Gasteiger partial charge in [0.05, 0.1) is 6.04 Å². The maximum atomic E-state index is 11.0. The number of nitrogens with one attached hydrogen (secondary N) is 2. The first-order valence-corrected chi connectivity index (χ1v) is 7.53. The molecule has 4 N–H and O–H groups in total. The Balaban J connectivity index is 2.54. The smallest absolute Gasteiger partial charge is 0.234 e. The van der Waals surface area contributed by atoms with Crippen LogP contribution in [0.25, 0.3) is 0 Å². The minimum absolute atomic E-state index is 0.337. The van der Waals surface area contributed by atoms with Crippen molar-refractivity contribution in [2.24, 2.45) is 5.73 Å². The zero-order chi connectivity index (χ0) is 17.1. The molecule has 122 valence electrons. The van der Waals surface area contributed by atoms with Crippen LogP contribution >= 0.6 is 0 Å². The number of carbonyl (C=O) groups is 1. The van der Waals surface area contributed by atoms with E-state index in [1.165, 1.54) is 0 Å². The fraction of sp³-hybridized carbons (Fsp3) is 0.211. The molecule has 1 aromatic carbocycles. The second kappa shape index (κ2) is 10.2. The van der Waals surface area contributed by atoms with Gasteiger partial charge in [-0.1, -0.05) is 55.7 Å². The molecule has 0 aliphatic heterocycles. The molecule has 0 aromatic heterocycles.